The highest BCUT2D eigenvalue weighted by Gasteiger charge is 2.32. The lowest BCUT2D eigenvalue weighted by atomic mass is 9.71. The average Bonchev–Trinajstić information content (AvgIpc) is 2.85. The number of benzene rings is 2. The SMILES string of the molecule is COC(=O)c1ccc(-c2ccc(OC(=O)C3CCC(C4CCCCC4)CC3)cc2)cc1. The monoisotopic (exact) mass is 420 g/mol. The van der Waals surface area contributed by atoms with Gasteiger partial charge in [0.15, 0.2) is 0 Å². The highest BCUT2D eigenvalue weighted by Crippen LogP contribution is 2.40. The van der Waals surface area contributed by atoms with Crippen molar-refractivity contribution in [1.82, 2.24) is 0 Å². The Hall–Kier alpha value is -2.62. The molecular weight excluding hydrogens is 388 g/mol. The maximum atomic E-state index is 12.7. The Morgan fingerprint density at radius 3 is 1.84 bits per heavy atom. The minimum Gasteiger partial charge on any atom is -0.465 e. The second kappa shape index (κ2) is 10.1. The van der Waals surface area contributed by atoms with Crippen LogP contribution in [0.2, 0.25) is 0 Å². The van der Waals surface area contributed by atoms with Crippen LogP contribution in [0.3, 0.4) is 0 Å². The van der Waals surface area contributed by atoms with Crippen LogP contribution in [0.15, 0.2) is 48.5 Å². The fourth-order valence-corrected chi connectivity index (χ4v) is 5.26. The quantitative estimate of drug-likeness (QED) is 0.413. The largest absolute Gasteiger partial charge is 0.465 e. The number of rotatable bonds is 5. The smallest absolute Gasteiger partial charge is 0.337 e. The summed E-state index contributed by atoms with van der Waals surface area (Å²) < 4.78 is 10.4. The summed E-state index contributed by atoms with van der Waals surface area (Å²) in [4.78, 5) is 24.2. The van der Waals surface area contributed by atoms with Crippen molar-refractivity contribution >= 4 is 11.9 Å². The van der Waals surface area contributed by atoms with Crippen molar-refractivity contribution in [3.05, 3.63) is 54.1 Å². The van der Waals surface area contributed by atoms with Gasteiger partial charge in [-0.1, -0.05) is 56.4 Å². The van der Waals surface area contributed by atoms with Crippen molar-refractivity contribution in [1.29, 1.82) is 0 Å². The van der Waals surface area contributed by atoms with E-state index < -0.39 is 0 Å². The summed E-state index contributed by atoms with van der Waals surface area (Å²) in [5, 5.41) is 0. The molecule has 2 aliphatic rings. The predicted octanol–water partition coefficient (Wildman–Crippen LogP) is 6.43. The zero-order valence-corrected chi connectivity index (χ0v) is 18.3. The van der Waals surface area contributed by atoms with Gasteiger partial charge in [-0.25, -0.2) is 4.79 Å². The molecule has 0 saturated heterocycles. The number of methoxy groups -OCH3 is 1. The summed E-state index contributed by atoms with van der Waals surface area (Å²) >= 11 is 0. The molecule has 0 radical (unpaired) electrons. The molecule has 2 saturated carbocycles. The Balaban J connectivity index is 1.30. The zero-order valence-electron chi connectivity index (χ0n) is 18.3. The third kappa shape index (κ3) is 5.36. The normalized spacial score (nSPS) is 22.0. The second-order valence-electron chi connectivity index (χ2n) is 9.02. The zero-order chi connectivity index (χ0) is 21.6. The molecule has 31 heavy (non-hydrogen) atoms. The molecule has 4 nitrogen and oxygen atoms in total. The molecule has 4 rings (SSSR count). The van der Waals surface area contributed by atoms with Gasteiger partial charge in [-0.3, -0.25) is 4.79 Å². The summed E-state index contributed by atoms with van der Waals surface area (Å²) in [6.07, 6.45) is 11.2. The van der Waals surface area contributed by atoms with Crippen molar-refractivity contribution in [3.8, 4) is 16.9 Å². The van der Waals surface area contributed by atoms with E-state index in [2.05, 4.69) is 0 Å². The third-order valence-electron chi connectivity index (χ3n) is 7.13. The number of hydrogen-bond acceptors (Lipinski definition) is 4. The van der Waals surface area contributed by atoms with Gasteiger partial charge in [-0.05, 0) is 72.9 Å². The van der Waals surface area contributed by atoms with Crippen molar-refractivity contribution < 1.29 is 19.1 Å². The maximum absolute atomic E-state index is 12.7. The number of carbonyl (C=O) groups is 2. The Morgan fingerprint density at radius 1 is 0.710 bits per heavy atom. The molecule has 0 N–H and O–H groups in total. The molecule has 2 fully saturated rings. The van der Waals surface area contributed by atoms with Crippen LogP contribution >= 0.6 is 0 Å². The number of esters is 2. The molecule has 2 aliphatic carbocycles. The molecule has 0 amide bonds. The topological polar surface area (TPSA) is 52.6 Å². The first kappa shape index (κ1) is 21.6. The van der Waals surface area contributed by atoms with E-state index in [4.69, 9.17) is 9.47 Å². The van der Waals surface area contributed by atoms with Crippen LogP contribution in [0.1, 0.15) is 68.1 Å². The van der Waals surface area contributed by atoms with Crippen LogP contribution in [-0.2, 0) is 9.53 Å². The van der Waals surface area contributed by atoms with E-state index in [0.717, 1.165) is 35.8 Å². The van der Waals surface area contributed by atoms with E-state index in [9.17, 15) is 9.59 Å². The van der Waals surface area contributed by atoms with Crippen LogP contribution in [0.25, 0.3) is 11.1 Å². The van der Waals surface area contributed by atoms with Crippen LogP contribution in [-0.4, -0.2) is 19.0 Å². The van der Waals surface area contributed by atoms with Gasteiger partial charge in [0.25, 0.3) is 0 Å². The molecule has 4 heteroatoms. The van der Waals surface area contributed by atoms with Gasteiger partial charge in [-0.15, -0.1) is 0 Å². The average molecular weight is 421 g/mol. The first-order chi connectivity index (χ1) is 15.1. The van der Waals surface area contributed by atoms with E-state index in [0.29, 0.717) is 11.3 Å². The van der Waals surface area contributed by atoms with E-state index >= 15 is 0 Å². The molecule has 0 unspecified atom stereocenters. The lowest BCUT2D eigenvalue weighted by Crippen LogP contribution is -2.29. The Bertz CT molecular complexity index is 870. The molecule has 0 aromatic heterocycles. The molecular formula is C27H32O4. The van der Waals surface area contributed by atoms with Crippen LogP contribution < -0.4 is 4.74 Å². The van der Waals surface area contributed by atoms with Gasteiger partial charge in [0, 0.05) is 0 Å². The molecule has 0 aliphatic heterocycles. The number of hydrogen-bond donors (Lipinski definition) is 0. The molecule has 0 spiro atoms. The maximum Gasteiger partial charge on any atom is 0.337 e. The first-order valence-electron chi connectivity index (χ1n) is 11.6. The second-order valence-corrected chi connectivity index (χ2v) is 9.02. The Kier molecular flexibility index (Phi) is 7.06. The number of ether oxygens (including phenoxy) is 2. The summed E-state index contributed by atoms with van der Waals surface area (Å²) in [5.74, 6) is 1.90. The fourth-order valence-electron chi connectivity index (χ4n) is 5.26. The van der Waals surface area contributed by atoms with Gasteiger partial charge in [0.2, 0.25) is 0 Å². The van der Waals surface area contributed by atoms with Gasteiger partial charge in [0.1, 0.15) is 5.75 Å². The highest BCUT2D eigenvalue weighted by molar-refractivity contribution is 5.90. The molecule has 0 heterocycles. The van der Waals surface area contributed by atoms with E-state index in [1.54, 1.807) is 12.1 Å². The van der Waals surface area contributed by atoms with Gasteiger partial charge < -0.3 is 9.47 Å². The molecule has 164 valence electrons. The Labute approximate surface area is 185 Å². The van der Waals surface area contributed by atoms with Crippen molar-refractivity contribution in [3.63, 3.8) is 0 Å². The van der Waals surface area contributed by atoms with Crippen LogP contribution in [0, 0.1) is 17.8 Å². The predicted molar refractivity (Wildman–Crippen MR) is 121 cm³/mol. The summed E-state index contributed by atoms with van der Waals surface area (Å²) in [5.41, 5.74) is 2.52. The van der Waals surface area contributed by atoms with Crippen LogP contribution in [0.5, 0.6) is 5.75 Å². The van der Waals surface area contributed by atoms with Crippen molar-refractivity contribution in [2.75, 3.05) is 7.11 Å². The highest BCUT2D eigenvalue weighted by atomic mass is 16.5. The summed E-state index contributed by atoms with van der Waals surface area (Å²) in [6.45, 7) is 0. The van der Waals surface area contributed by atoms with Gasteiger partial charge >= 0.3 is 11.9 Å². The minimum atomic E-state index is -0.346. The Morgan fingerprint density at radius 2 is 1.26 bits per heavy atom. The molecule has 0 bridgehead atoms. The molecule has 2 aromatic rings. The van der Waals surface area contributed by atoms with Crippen LogP contribution in [0.4, 0.5) is 0 Å². The third-order valence-corrected chi connectivity index (χ3v) is 7.13. The van der Waals surface area contributed by atoms with Crippen molar-refractivity contribution in [2.45, 2.75) is 57.8 Å². The molecule has 0 atom stereocenters. The minimum absolute atomic E-state index is 0.0328. The lowest BCUT2D eigenvalue weighted by Gasteiger charge is -2.35. The molecule has 2 aromatic carbocycles. The number of carbonyl (C=O) groups excluding carboxylic acids is 2. The lowest BCUT2D eigenvalue weighted by molar-refractivity contribution is -0.140. The first-order valence-corrected chi connectivity index (χ1v) is 11.6. The standard InChI is InChI=1S/C27H32O4/c1-30-26(28)23-11-7-21(8-12-23)22-15-17-25(18-16-22)31-27(29)24-13-9-20(10-14-24)19-5-3-2-4-6-19/h7-8,11-12,15-20,24H,2-6,9-10,13-14H2,1H3. The van der Waals surface area contributed by atoms with E-state index in [1.807, 2.05) is 36.4 Å². The van der Waals surface area contributed by atoms with E-state index in [-0.39, 0.29) is 17.9 Å². The van der Waals surface area contributed by atoms with Crippen molar-refractivity contribution in [2.24, 2.45) is 17.8 Å². The van der Waals surface area contributed by atoms with E-state index in [1.165, 1.54) is 52.1 Å². The summed E-state index contributed by atoms with van der Waals surface area (Å²) in [7, 11) is 1.37. The fraction of sp³-hybridized carbons (Fsp3) is 0.481. The van der Waals surface area contributed by atoms with Gasteiger partial charge in [0.05, 0.1) is 18.6 Å². The summed E-state index contributed by atoms with van der Waals surface area (Å²) in [6, 6.07) is 14.8. The van der Waals surface area contributed by atoms with Gasteiger partial charge in [-0.2, -0.15) is 0 Å².